The Balaban J connectivity index is 1.39. The number of amides is 1. The number of rotatable bonds is 5. The third kappa shape index (κ3) is 4.56. The number of nitrogens with zero attached hydrogens (tertiary/aromatic N) is 4. The lowest BCUT2D eigenvalue weighted by Gasteiger charge is -2.15. The maximum absolute atomic E-state index is 13.5. The van der Waals surface area contributed by atoms with Gasteiger partial charge in [-0.15, -0.1) is 0 Å². The minimum Gasteiger partial charge on any atom is -0.305 e. The van der Waals surface area contributed by atoms with Gasteiger partial charge in [0.25, 0.3) is 11.8 Å². The number of nitrogens with one attached hydrogen (secondary N) is 2. The van der Waals surface area contributed by atoms with E-state index in [1.165, 1.54) is 12.1 Å². The molecule has 168 valence electrons. The summed E-state index contributed by atoms with van der Waals surface area (Å²) in [6, 6.07) is 9.96. The van der Waals surface area contributed by atoms with Crippen LogP contribution >= 0.6 is 0 Å². The fourth-order valence-electron chi connectivity index (χ4n) is 3.92. The van der Waals surface area contributed by atoms with Crippen LogP contribution in [0.5, 0.6) is 0 Å². The molecule has 0 unspecified atom stereocenters. The first kappa shape index (κ1) is 21.1. The first-order valence-electron chi connectivity index (χ1n) is 10.3. The highest BCUT2D eigenvalue weighted by molar-refractivity contribution is 6.11. The fourth-order valence-corrected chi connectivity index (χ4v) is 3.92. The zero-order valence-corrected chi connectivity index (χ0v) is 17.4. The Kier molecular flexibility index (Phi) is 5.29. The molecule has 1 fully saturated rings. The van der Waals surface area contributed by atoms with Crippen molar-refractivity contribution in [3.05, 3.63) is 72.1 Å². The first-order chi connectivity index (χ1) is 15.9. The predicted octanol–water partition coefficient (Wildman–Crippen LogP) is 4.25. The molecule has 4 heterocycles. The Labute approximate surface area is 186 Å². The number of fused-ring (bicyclic) bond motifs is 1. The van der Waals surface area contributed by atoms with Crippen molar-refractivity contribution in [3.8, 4) is 11.1 Å². The lowest BCUT2D eigenvalue weighted by atomic mass is 10.0. The Hall–Kier alpha value is -3.79. The summed E-state index contributed by atoms with van der Waals surface area (Å²) in [6.07, 6.45) is 4.24. The van der Waals surface area contributed by atoms with Gasteiger partial charge in [0.1, 0.15) is 11.6 Å². The lowest BCUT2D eigenvalue weighted by molar-refractivity contribution is 0.0115. The van der Waals surface area contributed by atoms with Gasteiger partial charge in [-0.05, 0) is 41.5 Å². The number of pyridine rings is 2. The summed E-state index contributed by atoms with van der Waals surface area (Å²) >= 11 is 0. The fraction of sp³-hybridized carbons (Fsp3) is 0.217. The Bertz CT molecular complexity index is 1320. The minimum absolute atomic E-state index is 0.129. The lowest BCUT2D eigenvalue weighted by Crippen LogP contribution is -2.24. The van der Waals surface area contributed by atoms with E-state index in [-0.39, 0.29) is 24.5 Å². The first-order valence-corrected chi connectivity index (χ1v) is 10.3. The van der Waals surface area contributed by atoms with E-state index >= 15 is 0 Å². The largest absolute Gasteiger partial charge is 0.305 e. The summed E-state index contributed by atoms with van der Waals surface area (Å²) in [5, 5.41) is 10.1. The smallest absolute Gasteiger partial charge is 0.277 e. The van der Waals surface area contributed by atoms with Gasteiger partial charge in [-0.3, -0.25) is 19.8 Å². The molecule has 1 aliphatic heterocycles. The van der Waals surface area contributed by atoms with E-state index in [9.17, 15) is 18.0 Å². The zero-order valence-electron chi connectivity index (χ0n) is 17.4. The van der Waals surface area contributed by atoms with Crippen molar-refractivity contribution >= 4 is 22.6 Å². The molecule has 0 radical (unpaired) electrons. The second-order valence-corrected chi connectivity index (χ2v) is 8.05. The van der Waals surface area contributed by atoms with Crippen LogP contribution < -0.4 is 5.32 Å². The molecule has 1 aliphatic rings. The summed E-state index contributed by atoms with van der Waals surface area (Å²) < 4.78 is 40.1. The predicted molar refractivity (Wildman–Crippen MR) is 116 cm³/mol. The third-order valence-corrected chi connectivity index (χ3v) is 5.53. The molecule has 1 aromatic carbocycles. The van der Waals surface area contributed by atoms with E-state index in [0.29, 0.717) is 24.0 Å². The maximum atomic E-state index is 13.5. The molecule has 33 heavy (non-hydrogen) atoms. The number of anilines is 1. The van der Waals surface area contributed by atoms with Crippen molar-refractivity contribution in [2.24, 2.45) is 0 Å². The van der Waals surface area contributed by atoms with E-state index in [0.717, 1.165) is 22.9 Å². The van der Waals surface area contributed by atoms with Crippen LogP contribution in [0.25, 0.3) is 22.0 Å². The number of alkyl halides is 2. The number of carbonyl (C=O) groups is 1. The SMILES string of the molecule is O=C(Nc1ccc(F)cn1)c1n[nH]c2ccc(-c3cncc(CN4CCC(F)(F)C4)c3)cc12. The van der Waals surface area contributed by atoms with Crippen molar-refractivity contribution in [2.75, 3.05) is 18.4 Å². The molecule has 0 atom stereocenters. The Morgan fingerprint density at radius 3 is 2.76 bits per heavy atom. The number of H-pyrrole nitrogens is 1. The summed E-state index contributed by atoms with van der Waals surface area (Å²) in [4.78, 5) is 22.5. The molecular formula is C23H19F3N6O. The van der Waals surface area contributed by atoms with Gasteiger partial charge in [-0.1, -0.05) is 6.07 Å². The number of hydrogen-bond acceptors (Lipinski definition) is 5. The number of aromatic nitrogens is 4. The highest BCUT2D eigenvalue weighted by Crippen LogP contribution is 2.29. The van der Waals surface area contributed by atoms with Crippen LogP contribution in [0.4, 0.5) is 19.0 Å². The topological polar surface area (TPSA) is 86.8 Å². The molecule has 0 bridgehead atoms. The second-order valence-electron chi connectivity index (χ2n) is 8.05. The van der Waals surface area contributed by atoms with E-state index in [1.807, 2.05) is 18.2 Å². The quantitative estimate of drug-likeness (QED) is 0.473. The summed E-state index contributed by atoms with van der Waals surface area (Å²) in [5.74, 6) is -3.42. The molecule has 0 spiro atoms. The highest BCUT2D eigenvalue weighted by Gasteiger charge is 2.37. The van der Waals surface area contributed by atoms with Gasteiger partial charge in [0.15, 0.2) is 5.69 Å². The van der Waals surface area contributed by atoms with Gasteiger partial charge in [0.2, 0.25) is 0 Å². The van der Waals surface area contributed by atoms with Crippen LogP contribution in [-0.2, 0) is 6.54 Å². The van der Waals surface area contributed by atoms with Crippen LogP contribution in [0.2, 0.25) is 0 Å². The molecule has 4 aromatic rings. The second kappa shape index (κ2) is 8.28. The minimum atomic E-state index is -2.64. The van der Waals surface area contributed by atoms with Gasteiger partial charge in [-0.25, -0.2) is 18.2 Å². The molecule has 1 saturated heterocycles. The van der Waals surface area contributed by atoms with E-state index in [2.05, 4.69) is 25.5 Å². The average Bonchev–Trinajstić information content (AvgIpc) is 3.37. The molecular weight excluding hydrogens is 433 g/mol. The number of likely N-dealkylation sites (tertiary alicyclic amines) is 1. The third-order valence-electron chi connectivity index (χ3n) is 5.53. The Morgan fingerprint density at radius 1 is 1.12 bits per heavy atom. The molecule has 1 amide bonds. The van der Waals surface area contributed by atoms with Gasteiger partial charge in [-0.2, -0.15) is 5.10 Å². The number of halogens is 3. The maximum Gasteiger partial charge on any atom is 0.277 e. The normalized spacial score (nSPS) is 15.7. The van der Waals surface area contributed by atoms with Crippen molar-refractivity contribution < 1.29 is 18.0 Å². The number of aromatic amines is 1. The number of hydrogen-bond donors (Lipinski definition) is 2. The van der Waals surface area contributed by atoms with Gasteiger partial charge in [0.05, 0.1) is 18.3 Å². The number of benzene rings is 1. The number of carbonyl (C=O) groups excluding carboxylic acids is 1. The van der Waals surface area contributed by atoms with Gasteiger partial charge in [0, 0.05) is 42.9 Å². The van der Waals surface area contributed by atoms with Gasteiger partial charge >= 0.3 is 0 Å². The highest BCUT2D eigenvalue weighted by atomic mass is 19.3. The molecule has 0 saturated carbocycles. The molecule has 0 aliphatic carbocycles. The van der Waals surface area contributed by atoms with Crippen LogP contribution in [0.15, 0.2) is 55.0 Å². The molecule has 3 aromatic heterocycles. The molecule has 2 N–H and O–H groups in total. The molecule has 7 nitrogen and oxygen atoms in total. The van der Waals surface area contributed by atoms with Crippen molar-refractivity contribution in [2.45, 2.75) is 18.9 Å². The molecule has 10 heteroatoms. The van der Waals surface area contributed by atoms with Crippen LogP contribution in [0.1, 0.15) is 22.5 Å². The average molecular weight is 452 g/mol. The standard InChI is InChI=1S/C23H19F3N6O/c24-17-2-4-20(28-11-17)29-22(33)21-18-8-15(1-3-19(18)30-31-21)16-7-14(9-27-10-16)12-32-6-5-23(25,26)13-32/h1-4,7-11H,5-6,12-13H2,(H,30,31)(H,28,29,33). The van der Waals surface area contributed by atoms with Crippen molar-refractivity contribution in [3.63, 3.8) is 0 Å². The van der Waals surface area contributed by atoms with Crippen LogP contribution in [-0.4, -0.2) is 50.0 Å². The van der Waals surface area contributed by atoms with E-state index < -0.39 is 17.6 Å². The van der Waals surface area contributed by atoms with Crippen LogP contribution in [0.3, 0.4) is 0 Å². The zero-order chi connectivity index (χ0) is 23.0. The van der Waals surface area contributed by atoms with E-state index in [1.54, 1.807) is 23.4 Å². The van der Waals surface area contributed by atoms with E-state index in [4.69, 9.17) is 0 Å². The molecule has 5 rings (SSSR count). The van der Waals surface area contributed by atoms with Crippen molar-refractivity contribution in [1.82, 2.24) is 25.1 Å². The van der Waals surface area contributed by atoms with Gasteiger partial charge < -0.3 is 5.32 Å². The van der Waals surface area contributed by atoms with Crippen molar-refractivity contribution in [1.29, 1.82) is 0 Å². The Morgan fingerprint density at radius 2 is 2.00 bits per heavy atom. The summed E-state index contributed by atoms with van der Waals surface area (Å²) in [7, 11) is 0. The van der Waals surface area contributed by atoms with Crippen LogP contribution in [0, 0.1) is 5.82 Å². The summed E-state index contributed by atoms with van der Waals surface area (Å²) in [6.45, 7) is 0.488. The summed E-state index contributed by atoms with van der Waals surface area (Å²) in [5.41, 5.74) is 3.27. The monoisotopic (exact) mass is 452 g/mol.